The summed E-state index contributed by atoms with van der Waals surface area (Å²) >= 11 is 0. The Morgan fingerprint density at radius 2 is 2.04 bits per heavy atom. The Kier molecular flexibility index (Phi) is 4.36. The average Bonchev–Trinajstić information content (AvgIpc) is 2.62. The minimum atomic E-state index is -1.25. The van der Waals surface area contributed by atoms with Gasteiger partial charge in [0.1, 0.15) is 6.04 Å². The predicted molar refractivity (Wildman–Crippen MR) is 90.5 cm³/mol. The van der Waals surface area contributed by atoms with Crippen LogP contribution >= 0.6 is 0 Å². The van der Waals surface area contributed by atoms with E-state index in [0.717, 1.165) is 11.0 Å². The molecule has 132 valence electrons. The summed E-state index contributed by atoms with van der Waals surface area (Å²) < 4.78 is 5.58. The summed E-state index contributed by atoms with van der Waals surface area (Å²) in [6.45, 7) is 1.32. The van der Waals surface area contributed by atoms with Crippen molar-refractivity contribution >= 4 is 29.3 Å². The lowest BCUT2D eigenvalue weighted by Crippen LogP contribution is -2.47. The molecule has 1 N–H and O–H groups in total. The Bertz CT molecular complexity index is 925. The number of nitrogens with zero attached hydrogens (tertiary/aromatic N) is 3. The number of pyridine rings is 1. The second kappa shape index (κ2) is 6.63. The van der Waals surface area contributed by atoms with Crippen LogP contribution in [0, 0.1) is 10.1 Å². The fourth-order valence-electron chi connectivity index (χ4n) is 2.48. The number of aliphatic carboxylic acids is 1. The van der Waals surface area contributed by atoms with Crippen molar-refractivity contribution in [1.82, 2.24) is 4.98 Å². The SMILES string of the molecule is CC(C(=O)O)N1C(=O)/C(=C\c2ccncc2)Oc2ccc([N+](=O)[O-])cc21. The molecule has 0 bridgehead atoms. The zero-order valence-electron chi connectivity index (χ0n) is 13.5. The number of rotatable bonds is 4. The van der Waals surface area contributed by atoms with Crippen molar-refractivity contribution in [2.45, 2.75) is 13.0 Å². The second-order valence-electron chi connectivity index (χ2n) is 5.49. The molecule has 0 saturated carbocycles. The zero-order valence-corrected chi connectivity index (χ0v) is 13.5. The molecular formula is C17H13N3O6. The van der Waals surface area contributed by atoms with E-state index in [-0.39, 0.29) is 22.9 Å². The van der Waals surface area contributed by atoms with Gasteiger partial charge in [-0.3, -0.25) is 24.8 Å². The number of aromatic nitrogens is 1. The number of carbonyl (C=O) groups is 2. The van der Waals surface area contributed by atoms with Gasteiger partial charge in [0, 0.05) is 24.5 Å². The first-order valence-corrected chi connectivity index (χ1v) is 7.53. The van der Waals surface area contributed by atoms with Crippen LogP contribution in [0.25, 0.3) is 6.08 Å². The number of carboxylic acids is 1. The number of carboxylic acid groups (broad SMARTS) is 1. The maximum atomic E-state index is 12.8. The Morgan fingerprint density at radius 3 is 2.65 bits per heavy atom. The normalized spacial score (nSPS) is 16.0. The van der Waals surface area contributed by atoms with Gasteiger partial charge in [0.25, 0.3) is 11.6 Å². The monoisotopic (exact) mass is 355 g/mol. The standard InChI is InChI=1S/C17H13N3O6/c1-10(17(22)23)19-13-9-12(20(24)25)2-3-14(13)26-15(16(19)21)8-11-4-6-18-7-5-11/h2-10H,1H3,(H,22,23)/b15-8+. The van der Waals surface area contributed by atoms with E-state index in [2.05, 4.69) is 4.98 Å². The summed E-state index contributed by atoms with van der Waals surface area (Å²) in [6.07, 6.45) is 4.53. The molecule has 2 aromatic rings. The molecule has 0 radical (unpaired) electrons. The summed E-state index contributed by atoms with van der Waals surface area (Å²) in [5.41, 5.74) is 0.395. The lowest BCUT2D eigenvalue weighted by Gasteiger charge is -2.32. The molecule has 1 unspecified atom stereocenters. The topological polar surface area (TPSA) is 123 Å². The van der Waals surface area contributed by atoms with Crippen molar-refractivity contribution in [2.75, 3.05) is 4.90 Å². The summed E-state index contributed by atoms with van der Waals surface area (Å²) in [4.78, 5) is 39.5. The number of fused-ring (bicyclic) bond motifs is 1. The molecule has 9 nitrogen and oxygen atoms in total. The van der Waals surface area contributed by atoms with Crippen LogP contribution in [0.5, 0.6) is 5.75 Å². The van der Waals surface area contributed by atoms with E-state index in [1.165, 1.54) is 37.5 Å². The number of hydrogen-bond donors (Lipinski definition) is 1. The summed E-state index contributed by atoms with van der Waals surface area (Å²) in [7, 11) is 0. The number of anilines is 1. The van der Waals surface area contributed by atoms with Gasteiger partial charge in [0.15, 0.2) is 11.5 Å². The van der Waals surface area contributed by atoms with Crippen molar-refractivity contribution in [3.8, 4) is 5.75 Å². The molecule has 9 heteroatoms. The van der Waals surface area contributed by atoms with E-state index in [9.17, 15) is 24.8 Å². The lowest BCUT2D eigenvalue weighted by atomic mass is 10.1. The van der Waals surface area contributed by atoms with E-state index in [1.54, 1.807) is 12.1 Å². The number of nitro benzene ring substituents is 1. The third-order valence-corrected chi connectivity index (χ3v) is 3.81. The number of ether oxygens (including phenoxy) is 1. The highest BCUT2D eigenvalue weighted by Crippen LogP contribution is 2.39. The van der Waals surface area contributed by atoms with Crippen LogP contribution in [0.1, 0.15) is 12.5 Å². The number of carbonyl (C=O) groups excluding carboxylic acids is 1. The quantitative estimate of drug-likeness (QED) is 0.507. The van der Waals surface area contributed by atoms with Crippen LogP contribution in [0.15, 0.2) is 48.5 Å². The summed E-state index contributed by atoms with van der Waals surface area (Å²) in [5, 5.41) is 20.3. The van der Waals surface area contributed by atoms with Gasteiger partial charge >= 0.3 is 5.97 Å². The Hall–Kier alpha value is -3.75. The van der Waals surface area contributed by atoms with E-state index >= 15 is 0 Å². The van der Waals surface area contributed by atoms with Gasteiger partial charge in [-0.15, -0.1) is 0 Å². The maximum absolute atomic E-state index is 12.8. The van der Waals surface area contributed by atoms with E-state index in [0.29, 0.717) is 5.56 Å². The lowest BCUT2D eigenvalue weighted by molar-refractivity contribution is -0.384. The van der Waals surface area contributed by atoms with Crippen LogP contribution in [0.4, 0.5) is 11.4 Å². The van der Waals surface area contributed by atoms with Gasteiger partial charge < -0.3 is 9.84 Å². The molecule has 0 spiro atoms. The van der Waals surface area contributed by atoms with Gasteiger partial charge in [-0.05, 0) is 36.8 Å². The maximum Gasteiger partial charge on any atom is 0.326 e. The largest absolute Gasteiger partial charge is 0.480 e. The van der Waals surface area contributed by atoms with Gasteiger partial charge in [-0.25, -0.2) is 4.79 Å². The first-order chi connectivity index (χ1) is 12.4. The number of hydrogen-bond acceptors (Lipinski definition) is 6. The minimum absolute atomic E-state index is 0.0333. The zero-order chi connectivity index (χ0) is 18.8. The smallest absolute Gasteiger partial charge is 0.326 e. The average molecular weight is 355 g/mol. The molecule has 1 aromatic heterocycles. The van der Waals surface area contributed by atoms with Gasteiger partial charge in [-0.2, -0.15) is 0 Å². The van der Waals surface area contributed by atoms with Gasteiger partial charge in [0.05, 0.1) is 10.6 Å². The van der Waals surface area contributed by atoms with Crippen LogP contribution in [-0.2, 0) is 9.59 Å². The van der Waals surface area contributed by atoms with Gasteiger partial charge in [-0.1, -0.05) is 0 Å². The van der Waals surface area contributed by atoms with Crippen LogP contribution < -0.4 is 9.64 Å². The number of amides is 1. The van der Waals surface area contributed by atoms with Crippen molar-refractivity contribution in [2.24, 2.45) is 0 Å². The van der Waals surface area contributed by atoms with E-state index in [4.69, 9.17) is 4.74 Å². The third-order valence-electron chi connectivity index (χ3n) is 3.81. The molecule has 1 aromatic carbocycles. The van der Waals surface area contributed by atoms with Crippen molar-refractivity contribution in [3.63, 3.8) is 0 Å². The number of benzene rings is 1. The van der Waals surface area contributed by atoms with Crippen molar-refractivity contribution < 1.29 is 24.4 Å². The molecule has 26 heavy (non-hydrogen) atoms. The Balaban J connectivity index is 2.13. The Labute approximate surface area is 147 Å². The number of nitro groups is 1. The Morgan fingerprint density at radius 1 is 1.35 bits per heavy atom. The molecular weight excluding hydrogens is 342 g/mol. The van der Waals surface area contributed by atoms with Crippen LogP contribution in [-0.4, -0.2) is 32.9 Å². The number of non-ortho nitro benzene ring substituents is 1. The van der Waals surface area contributed by atoms with E-state index < -0.39 is 22.8 Å². The fourth-order valence-corrected chi connectivity index (χ4v) is 2.48. The van der Waals surface area contributed by atoms with Crippen LogP contribution in [0.2, 0.25) is 0 Å². The molecule has 0 saturated heterocycles. The fraction of sp³-hybridized carbons (Fsp3) is 0.118. The third kappa shape index (κ3) is 3.09. The minimum Gasteiger partial charge on any atom is -0.480 e. The van der Waals surface area contributed by atoms with Gasteiger partial charge in [0.2, 0.25) is 0 Å². The second-order valence-corrected chi connectivity index (χ2v) is 5.49. The highest BCUT2D eigenvalue weighted by molar-refractivity contribution is 6.12. The predicted octanol–water partition coefficient (Wildman–Crippen LogP) is 2.23. The summed E-state index contributed by atoms with van der Waals surface area (Å²) in [5.74, 6) is -1.89. The van der Waals surface area contributed by atoms with Crippen molar-refractivity contribution in [1.29, 1.82) is 0 Å². The molecule has 1 aliphatic rings. The molecule has 1 atom stereocenters. The molecule has 0 fully saturated rings. The molecule has 3 rings (SSSR count). The first-order valence-electron chi connectivity index (χ1n) is 7.53. The molecule has 2 heterocycles. The summed E-state index contributed by atoms with van der Waals surface area (Å²) in [6, 6.07) is 5.74. The van der Waals surface area contributed by atoms with Crippen molar-refractivity contribution in [3.05, 3.63) is 64.2 Å². The molecule has 1 aliphatic heterocycles. The highest BCUT2D eigenvalue weighted by Gasteiger charge is 2.37. The van der Waals surface area contributed by atoms with E-state index in [1.807, 2.05) is 0 Å². The first kappa shape index (κ1) is 17.1. The molecule has 1 amide bonds. The van der Waals surface area contributed by atoms with Crippen LogP contribution in [0.3, 0.4) is 0 Å². The highest BCUT2D eigenvalue weighted by atomic mass is 16.6. The molecule has 0 aliphatic carbocycles.